The van der Waals surface area contributed by atoms with Crippen molar-refractivity contribution in [2.45, 2.75) is 13.8 Å². The Labute approximate surface area is 120 Å². The molecule has 2 aromatic carbocycles. The van der Waals surface area contributed by atoms with Gasteiger partial charge in [0, 0.05) is 18.8 Å². The zero-order valence-corrected chi connectivity index (χ0v) is 11.9. The van der Waals surface area contributed by atoms with Crippen molar-refractivity contribution in [3.05, 3.63) is 54.1 Å². The molecule has 0 atom stereocenters. The number of fused-ring (bicyclic) bond motifs is 1. The van der Waals surface area contributed by atoms with Gasteiger partial charge < -0.3 is 10.6 Å². The van der Waals surface area contributed by atoms with Gasteiger partial charge in [-0.2, -0.15) is 0 Å². The summed E-state index contributed by atoms with van der Waals surface area (Å²) in [7, 11) is 0. The lowest BCUT2D eigenvalue weighted by Crippen LogP contribution is -2.24. The number of anilines is 1. The topological polar surface area (TPSA) is 41.1 Å². The quantitative estimate of drug-likeness (QED) is 0.830. The van der Waals surface area contributed by atoms with Gasteiger partial charge >= 0.3 is 0 Å². The normalized spacial score (nSPS) is 13.0. The Morgan fingerprint density at radius 2 is 1.55 bits per heavy atom. The van der Waals surface area contributed by atoms with Gasteiger partial charge in [-0.05, 0) is 23.3 Å². The van der Waals surface area contributed by atoms with Crippen molar-refractivity contribution in [2.75, 3.05) is 18.4 Å². The van der Waals surface area contributed by atoms with Crippen LogP contribution in [0.25, 0.3) is 11.1 Å². The van der Waals surface area contributed by atoms with Crippen LogP contribution in [0.5, 0.6) is 0 Å². The van der Waals surface area contributed by atoms with E-state index in [0.717, 1.165) is 23.4 Å². The molecule has 2 N–H and O–H groups in total. The van der Waals surface area contributed by atoms with Gasteiger partial charge in [0.1, 0.15) is 0 Å². The van der Waals surface area contributed by atoms with Crippen LogP contribution < -0.4 is 10.6 Å². The molecular weight excluding hydrogens is 248 g/mol. The molecule has 0 aliphatic carbocycles. The fraction of sp³-hybridized carbons (Fsp3) is 0.235. The van der Waals surface area contributed by atoms with E-state index in [-0.39, 0.29) is 5.91 Å². The first-order chi connectivity index (χ1) is 9.84. The van der Waals surface area contributed by atoms with Gasteiger partial charge in [-0.3, -0.25) is 4.79 Å². The summed E-state index contributed by atoms with van der Waals surface area (Å²) in [6.45, 7) is 5.43. The second-order valence-corrected chi connectivity index (χ2v) is 4.31. The second-order valence-electron chi connectivity index (χ2n) is 4.31. The molecule has 104 valence electrons. The van der Waals surface area contributed by atoms with Crippen LogP contribution in [-0.2, 0) is 0 Å². The molecule has 2 aromatic rings. The minimum Gasteiger partial charge on any atom is -0.383 e. The SMILES string of the molecule is CC.O=C1NCCNc2ccc(-c3ccccc3)cc21. The van der Waals surface area contributed by atoms with Crippen LogP contribution in [0.3, 0.4) is 0 Å². The highest BCUT2D eigenvalue weighted by molar-refractivity contribution is 6.01. The minimum absolute atomic E-state index is 0.00668. The van der Waals surface area contributed by atoms with Crippen LogP contribution in [0.15, 0.2) is 48.5 Å². The van der Waals surface area contributed by atoms with Gasteiger partial charge in [-0.15, -0.1) is 0 Å². The van der Waals surface area contributed by atoms with Crippen LogP contribution in [0.1, 0.15) is 24.2 Å². The Hall–Kier alpha value is -2.29. The summed E-state index contributed by atoms with van der Waals surface area (Å²) >= 11 is 0. The van der Waals surface area contributed by atoms with Crippen LogP contribution in [0.4, 0.5) is 5.69 Å². The number of benzene rings is 2. The highest BCUT2D eigenvalue weighted by Crippen LogP contribution is 2.25. The van der Waals surface area contributed by atoms with E-state index in [1.807, 2.05) is 62.4 Å². The molecule has 0 spiro atoms. The Morgan fingerprint density at radius 3 is 2.30 bits per heavy atom. The van der Waals surface area contributed by atoms with E-state index >= 15 is 0 Å². The number of amides is 1. The van der Waals surface area contributed by atoms with Crippen LogP contribution >= 0.6 is 0 Å². The molecule has 0 fully saturated rings. The van der Waals surface area contributed by atoms with Gasteiger partial charge in [0.2, 0.25) is 0 Å². The van der Waals surface area contributed by atoms with Crippen molar-refractivity contribution in [2.24, 2.45) is 0 Å². The maximum atomic E-state index is 11.9. The monoisotopic (exact) mass is 268 g/mol. The van der Waals surface area contributed by atoms with Gasteiger partial charge in [0.25, 0.3) is 5.91 Å². The highest BCUT2D eigenvalue weighted by atomic mass is 16.1. The summed E-state index contributed by atoms with van der Waals surface area (Å²) in [5.41, 5.74) is 3.81. The number of rotatable bonds is 1. The van der Waals surface area contributed by atoms with Gasteiger partial charge in [0.15, 0.2) is 0 Å². The molecule has 0 bridgehead atoms. The number of hydrogen-bond donors (Lipinski definition) is 2. The molecule has 1 aliphatic heterocycles. The summed E-state index contributed by atoms with van der Waals surface area (Å²) in [6.07, 6.45) is 0. The molecule has 1 heterocycles. The number of nitrogens with one attached hydrogen (secondary N) is 2. The zero-order valence-electron chi connectivity index (χ0n) is 11.9. The van der Waals surface area contributed by atoms with Gasteiger partial charge in [-0.25, -0.2) is 0 Å². The van der Waals surface area contributed by atoms with Crippen LogP contribution in [0.2, 0.25) is 0 Å². The molecule has 3 nitrogen and oxygen atoms in total. The predicted octanol–water partition coefficient (Wildman–Crippen LogP) is 3.54. The third-order valence-electron chi connectivity index (χ3n) is 3.10. The minimum atomic E-state index is -0.00668. The highest BCUT2D eigenvalue weighted by Gasteiger charge is 2.15. The molecular formula is C17H20N2O. The largest absolute Gasteiger partial charge is 0.383 e. The molecule has 0 saturated heterocycles. The first-order valence-corrected chi connectivity index (χ1v) is 7.06. The second kappa shape index (κ2) is 6.75. The van der Waals surface area contributed by atoms with Crippen LogP contribution in [0, 0.1) is 0 Å². The van der Waals surface area contributed by atoms with Crippen molar-refractivity contribution in [1.29, 1.82) is 0 Å². The zero-order chi connectivity index (χ0) is 14.4. The lowest BCUT2D eigenvalue weighted by atomic mass is 10.0. The van der Waals surface area contributed by atoms with Crippen molar-refractivity contribution < 1.29 is 4.79 Å². The smallest absolute Gasteiger partial charge is 0.253 e. The first-order valence-electron chi connectivity index (χ1n) is 7.06. The summed E-state index contributed by atoms with van der Waals surface area (Å²) in [4.78, 5) is 11.9. The van der Waals surface area contributed by atoms with Crippen molar-refractivity contribution in [3.8, 4) is 11.1 Å². The third kappa shape index (κ3) is 2.99. The predicted molar refractivity (Wildman–Crippen MR) is 84.0 cm³/mol. The summed E-state index contributed by atoms with van der Waals surface area (Å²) in [5.74, 6) is -0.00668. The maximum Gasteiger partial charge on any atom is 0.253 e. The van der Waals surface area contributed by atoms with E-state index in [4.69, 9.17) is 0 Å². The average molecular weight is 268 g/mol. The Morgan fingerprint density at radius 1 is 0.850 bits per heavy atom. The van der Waals surface area contributed by atoms with Crippen molar-refractivity contribution in [3.63, 3.8) is 0 Å². The van der Waals surface area contributed by atoms with E-state index in [0.29, 0.717) is 12.1 Å². The van der Waals surface area contributed by atoms with Gasteiger partial charge in [0.05, 0.1) is 5.56 Å². The third-order valence-corrected chi connectivity index (χ3v) is 3.10. The van der Waals surface area contributed by atoms with E-state index in [1.54, 1.807) is 0 Å². The van der Waals surface area contributed by atoms with Crippen molar-refractivity contribution >= 4 is 11.6 Å². The fourth-order valence-corrected chi connectivity index (χ4v) is 2.16. The molecule has 3 rings (SSSR count). The molecule has 1 amide bonds. The molecule has 0 saturated carbocycles. The van der Waals surface area contributed by atoms with E-state index < -0.39 is 0 Å². The Balaban J connectivity index is 0.000000704. The molecule has 1 aliphatic rings. The lowest BCUT2D eigenvalue weighted by molar-refractivity contribution is 0.0958. The number of carbonyl (C=O) groups excluding carboxylic acids is 1. The van der Waals surface area contributed by atoms with E-state index in [1.165, 1.54) is 0 Å². The number of carbonyl (C=O) groups is 1. The van der Waals surface area contributed by atoms with E-state index in [9.17, 15) is 4.79 Å². The van der Waals surface area contributed by atoms with E-state index in [2.05, 4.69) is 10.6 Å². The molecule has 0 aromatic heterocycles. The average Bonchev–Trinajstić information content (AvgIpc) is 2.72. The fourth-order valence-electron chi connectivity index (χ4n) is 2.16. The summed E-state index contributed by atoms with van der Waals surface area (Å²) < 4.78 is 0. The molecule has 3 heteroatoms. The lowest BCUT2D eigenvalue weighted by Gasteiger charge is -2.08. The Kier molecular flexibility index (Phi) is 4.77. The molecule has 0 radical (unpaired) electrons. The maximum absolute atomic E-state index is 11.9. The van der Waals surface area contributed by atoms with Crippen molar-refractivity contribution in [1.82, 2.24) is 5.32 Å². The standard InChI is InChI=1S/C15H14N2O.C2H6/c18-15-13-10-12(11-4-2-1-3-5-11)6-7-14(13)16-8-9-17-15;1-2/h1-7,10,16H,8-9H2,(H,17,18);1-2H3. The summed E-state index contributed by atoms with van der Waals surface area (Å²) in [5, 5.41) is 6.13. The molecule has 0 unspecified atom stereocenters. The van der Waals surface area contributed by atoms with Crippen LogP contribution in [-0.4, -0.2) is 19.0 Å². The first kappa shape index (κ1) is 14.1. The van der Waals surface area contributed by atoms with Gasteiger partial charge in [-0.1, -0.05) is 50.2 Å². The number of hydrogen-bond acceptors (Lipinski definition) is 2. The Bertz CT molecular complexity index is 579. The summed E-state index contributed by atoms with van der Waals surface area (Å²) in [6, 6.07) is 16.0. The molecule has 20 heavy (non-hydrogen) atoms.